The number of aliphatic hydroxyl groups excluding tert-OH is 1. The second kappa shape index (κ2) is 10.4. The predicted octanol–water partition coefficient (Wildman–Crippen LogP) is 3.52. The molecule has 0 rings (SSSR count). The molecule has 0 fully saturated rings. The molecule has 0 saturated carbocycles. The van der Waals surface area contributed by atoms with Crippen molar-refractivity contribution < 1.29 is 9.84 Å². The summed E-state index contributed by atoms with van der Waals surface area (Å²) >= 11 is 0. The summed E-state index contributed by atoms with van der Waals surface area (Å²) in [4.78, 5) is 0. The molecule has 0 bridgehead atoms. The predicted molar refractivity (Wildman–Crippen MR) is 65.1 cm³/mol. The van der Waals surface area contributed by atoms with E-state index in [1.807, 2.05) is 13.8 Å². The first kappa shape index (κ1) is 14.9. The summed E-state index contributed by atoms with van der Waals surface area (Å²) in [5.41, 5.74) is 0. The Morgan fingerprint density at radius 2 is 1.60 bits per heavy atom. The molecule has 0 aromatic rings. The highest BCUT2D eigenvalue weighted by molar-refractivity contribution is 4.61. The molecule has 0 aliphatic rings. The molecule has 0 saturated heterocycles. The standard InChI is InChI=1S/C13H28O2/c1-4-6-7-8-9-10-11-15-12(3)13(14)5-2/h12-14H,4-11H2,1-3H3. The Morgan fingerprint density at radius 3 is 2.20 bits per heavy atom. The molecule has 2 atom stereocenters. The van der Waals surface area contributed by atoms with Gasteiger partial charge in [-0.2, -0.15) is 0 Å². The highest BCUT2D eigenvalue weighted by Crippen LogP contribution is 2.07. The van der Waals surface area contributed by atoms with Gasteiger partial charge < -0.3 is 9.84 Å². The molecule has 0 radical (unpaired) electrons. The summed E-state index contributed by atoms with van der Waals surface area (Å²) < 4.78 is 5.55. The van der Waals surface area contributed by atoms with Crippen LogP contribution in [0.3, 0.4) is 0 Å². The molecular formula is C13H28O2. The Kier molecular flexibility index (Phi) is 10.4. The van der Waals surface area contributed by atoms with Crippen molar-refractivity contribution in [3.63, 3.8) is 0 Å². The first-order chi connectivity index (χ1) is 7.22. The molecule has 1 N–H and O–H groups in total. The summed E-state index contributed by atoms with van der Waals surface area (Å²) in [7, 11) is 0. The van der Waals surface area contributed by atoms with Gasteiger partial charge in [0.1, 0.15) is 0 Å². The zero-order valence-corrected chi connectivity index (χ0v) is 10.7. The lowest BCUT2D eigenvalue weighted by Gasteiger charge is -2.17. The molecule has 2 unspecified atom stereocenters. The lowest BCUT2D eigenvalue weighted by Crippen LogP contribution is -2.25. The van der Waals surface area contributed by atoms with Crippen molar-refractivity contribution in [1.82, 2.24) is 0 Å². The minimum atomic E-state index is -0.301. The van der Waals surface area contributed by atoms with Crippen molar-refractivity contribution >= 4 is 0 Å². The Bertz CT molecular complexity index is 126. The fourth-order valence-corrected chi connectivity index (χ4v) is 1.59. The van der Waals surface area contributed by atoms with Gasteiger partial charge in [0.05, 0.1) is 12.2 Å². The van der Waals surface area contributed by atoms with Crippen LogP contribution in [0.1, 0.15) is 65.7 Å². The van der Waals surface area contributed by atoms with E-state index in [0.717, 1.165) is 19.4 Å². The Balaban J connectivity index is 3.16. The van der Waals surface area contributed by atoms with Gasteiger partial charge in [0.2, 0.25) is 0 Å². The SMILES string of the molecule is CCCCCCCCOC(C)C(O)CC. The largest absolute Gasteiger partial charge is 0.390 e. The fourth-order valence-electron chi connectivity index (χ4n) is 1.59. The first-order valence-electron chi connectivity index (χ1n) is 6.52. The van der Waals surface area contributed by atoms with Crippen LogP contribution in [0, 0.1) is 0 Å². The van der Waals surface area contributed by atoms with Gasteiger partial charge in [0, 0.05) is 6.61 Å². The van der Waals surface area contributed by atoms with Crippen LogP contribution in [-0.4, -0.2) is 23.9 Å². The monoisotopic (exact) mass is 216 g/mol. The number of rotatable bonds is 10. The smallest absolute Gasteiger partial charge is 0.0805 e. The summed E-state index contributed by atoms with van der Waals surface area (Å²) in [6, 6.07) is 0. The second-order valence-electron chi connectivity index (χ2n) is 4.32. The highest BCUT2D eigenvalue weighted by atomic mass is 16.5. The number of hydrogen-bond acceptors (Lipinski definition) is 2. The summed E-state index contributed by atoms with van der Waals surface area (Å²) in [5.74, 6) is 0. The van der Waals surface area contributed by atoms with E-state index < -0.39 is 0 Å². The third kappa shape index (κ3) is 8.88. The van der Waals surface area contributed by atoms with Crippen LogP contribution in [0.15, 0.2) is 0 Å². The molecular weight excluding hydrogens is 188 g/mol. The van der Waals surface area contributed by atoms with Crippen LogP contribution < -0.4 is 0 Å². The van der Waals surface area contributed by atoms with Crippen LogP contribution in [0.5, 0.6) is 0 Å². The highest BCUT2D eigenvalue weighted by Gasteiger charge is 2.11. The van der Waals surface area contributed by atoms with E-state index in [1.54, 1.807) is 0 Å². The molecule has 0 spiro atoms. The van der Waals surface area contributed by atoms with E-state index in [0.29, 0.717) is 0 Å². The van der Waals surface area contributed by atoms with Gasteiger partial charge in [-0.1, -0.05) is 46.0 Å². The molecule has 92 valence electrons. The molecule has 15 heavy (non-hydrogen) atoms. The second-order valence-corrected chi connectivity index (χ2v) is 4.32. The Labute approximate surface area is 95.0 Å². The molecule has 0 amide bonds. The van der Waals surface area contributed by atoms with Crippen LogP contribution in [0.4, 0.5) is 0 Å². The minimum Gasteiger partial charge on any atom is -0.390 e. The molecule has 0 aliphatic carbocycles. The minimum absolute atomic E-state index is 0.00866. The van der Waals surface area contributed by atoms with Gasteiger partial charge in [-0.25, -0.2) is 0 Å². The zero-order valence-electron chi connectivity index (χ0n) is 10.7. The zero-order chi connectivity index (χ0) is 11.5. The van der Waals surface area contributed by atoms with Crippen molar-refractivity contribution in [2.24, 2.45) is 0 Å². The third-order valence-electron chi connectivity index (χ3n) is 2.84. The number of unbranched alkanes of at least 4 members (excludes halogenated alkanes) is 5. The van der Waals surface area contributed by atoms with E-state index in [2.05, 4.69) is 6.92 Å². The van der Waals surface area contributed by atoms with E-state index in [-0.39, 0.29) is 12.2 Å². The van der Waals surface area contributed by atoms with Crippen LogP contribution in [-0.2, 0) is 4.74 Å². The molecule has 0 aliphatic heterocycles. The topological polar surface area (TPSA) is 29.5 Å². The Morgan fingerprint density at radius 1 is 1.00 bits per heavy atom. The molecule has 0 aromatic carbocycles. The van der Waals surface area contributed by atoms with Gasteiger partial charge in [0.15, 0.2) is 0 Å². The Hall–Kier alpha value is -0.0800. The van der Waals surface area contributed by atoms with Crippen molar-refractivity contribution in [2.45, 2.75) is 77.9 Å². The van der Waals surface area contributed by atoms with E-state index >= 15 is 0 Å². The molecule has 0 heterocycles. The van der Waals surface area contributed by atoms with Gasteiger partial charge in [-0.3, -0.25) is 0 Å². The summed E-state index contributed by atoms with van der Waals surface area (Å²) in [6.07, 6.45) is 8.18. The first-order valence-corrected chi connectivity index (χ1v) is 6.52. The quantitative estimate of drug-likeness (QED) is 0.566. The normalized spacial score (nSPS) is 15.2. The van der Waals surface area contributed by atoms with Crippen molar-refractivity contribution in [3.8, 4) is 0 Å². The summed E-state index contributed by atoms with van der Waals surface area (Å²) in [6.45, 7) is 6.96. The number of hydrogen-bond donors (Lipinski definition) is 1. The average molecular weight is 216 g/mol. The fraction of sp³-hybridized carbons (Fsp3) is 1.00. The lowest BCUT2D eigenvalue weighted by atomic mass is 10.1. The van der Waals surface area contributed by atoms with Gasteiger partial charge in [0.25, 0.3) is 0 Å². The van der Waals surface area contributed by atoms with Crippen molar-refractivity contribution in [1.29, 1.82) is 0 Å². The third-order valence-corrected chi connectivity index (χ3v) is 2.84. The molecule has 2 heteroatoms. The number of aliphatic hydroxyl groups is 1. The maximum atomic E-state index is 9.47. The van der Waals surface area contributed by atoms with Gasteiger partial charge in [-0.05, 0) is 19.8 Å². The number of ether oxygens (including phenoxy) is 1. The van der Waals surface area contributed by atoms with Crippen LogP contribution in [0.25, 0.3) is 0 Å². The van der Waals surface area contributed by atoms with E-state index in [9.17, 15) is 5.11 Å². The van der Waals surface area contributed by atoms with E-state index in [1.165, 1.54) is 32.1 Å². The van der Waals surface area contributed by atoms with Gasteiger partial charge in [-0.15, -0.1) is 0 Å². The van der Waals surface area contributed by atoms with Gasteiger partial charge >= 0.3 is 0 Å². The van der Waals surface area contributed by atoms with Crippen molar-refractivity contribution in [2.75, 3.05) is 6.61 Å². The lowest BCUT2D eigenvalue weighted by molar-refractivity contribution is -0.0288. The van der Waals surface area contributed by atoms with E-state index in [4.69, 9.17) is 4.74 Å². The molecule has 0 aromatic heterocycles. The van der Waals surface area contributed by atoms with Crippen molar-refractivity contribution in [3.05, 3.63) is 0 Å². The maximum Gasteiger partial charge on any atom is 0.0805 e. The average Bonchev–Trinajstić information content (AvgIpc) is 2.26. The maximum absolute atomic E-state index is 9.47. The van der Waals surface area contributed by atoms with Crippen LogP contribution >= 0.6 is 0 Å². The summed E-state index contributed by atoms with van der Waals surface area (Å²) in [5, 5.41) is 9.47. The molecule has 2 nitrogen and oxygen atoms in total. The van der Waals surface area contributed by atoms with Crippen LogP contribution in [0.2, 0.25) is 0 Å².